The fourth-order valence-electron chi connectivity index (χ4n) is 3.38. The minimum atomic E-state index is -0.389. The number of anilines is 2. The van der Waals surface area contributed by atoms with Gasteiger partial charge in [0.2, 0.25) is 0 Å². The highest BCUT2D eigenvalue weighted by Crippen LogP contribution is 2.47. The first-order chi connectivity index (χ1) is 13.1. The van der Waals surface area contributed by atoms with Crippen molar-refractivity contribution < 1.29 is 14.8 Å². The monoisotopic (exact) mass is 405 g/mol. The topological polar surface area (TPSA) is 114 Å². The molecule has 3 aromatic rings. The summed E-state index contributed by atoms with van der Waals surface area (Å²) in [6.07, 6.45) is 0. The highest BCUT2D eigenvalue weighted by Gasteiger charge is 2.29. The van der Waals surface area contributed by atoms with Crippen LogP contribution < -0.4 is 15.4 Å². The van der Waals surface area contributed by atoms with Gasteiger partial charge in [-0.25, -0.2) is 0 Å². The highest BCUT2D eigenvalue weighted by atomic mass is 35.5. The first kappa shape index (κ1) is 19.9. The molecule has 0 spiro atoms. The number of hydrogen-bond acceptors (Lipinski definition) is 7. The van der Waals surface area contributed by atoms with E-state index in [4.69, 9.17) is 14.9 Å². The van der Waals surface area contributed by atoms with Crippen LogP contribution in [-0.4, -0.2) is 46.6 Å². The average molecular weight is 406 g/mol. The molecule has 0 radical (unpaired) electrons. The second kappa shape index (κ2) is 8.01. The van der Waals surface area contributed by atoms with Gasteiger partial charge in [0, 0.05) is 30.4 Å². The zero-order chi connectivity index (χ0) is 19.0. The Morgan fingerprint density at radius 3 is 2.86 bits per heavy atom. The van der Waals surface area contributed by atoms with E-state index >= 15 is 0 Å². The normalized spacial score (nSPS) is 11.5. The van der Waals surface area contributed by atoms with Crippen LogP contribution in [0.3, 0.4) is 0 Å². The third kappa shape index (κ3) is 3.24. The third-order valence-electron chi connectivity index (χ3n) is 4.62. The smallest absolute Gasteiger partial charge is 0.293 e. The van der Waals surface area contributed by atoms with Gasteiger partial charge in [-0.2, -0.15) is 5.10 Å². The summed E-state index contributed by atoms with van der Waals surface area (Å²) in [6, 6.07) is 8.75. The molecular weight excluding hydrogens is 386 g/mol. The van der Waals surface area contributed by atoms with Crippen LogP contribution in [0.15, 0.2) is 30.3 Å². The number of aromatic nitrogens is 2. The molecule has 28 heavy (non-hydrogen) atoms. The number of benzene rings is 2. The predicted octanol–water partition coefficient (Wildman–Crippen LogP) is 2.68. The lowest BCUT2D eigenvalue weighted by molar-refractivity contribution is -0.383. The number of nitro groups is 1. The fourth-order valence-corrected chi connectivity index (χ4v) is 3.38. The quantitative estimate of drug-likeness (QED) is 0.246. The lowest BCUT2D eigenvalue weighted by atomic mass is 9.99. The lowest BCUT2D eigenvalue weighted by Gasteiger charge is -2.18. The average Bonchev–Trinajstić information content (AvgIpc) is 3.05. The van der Waals surface area contributed by atoms with Crippen molar-refractivity contribution in [3.05, 3.63) is 40.4 Å². The highest BCUT2D eigenvalue weighted by molar-refractivity contribution is 6.12. The Morgan fingerprint density at radius 2 is 2.14 bits per heavy atom. The summed E-state index contributed by atoms with van der Waals surface area (Å²) < 4.78 is 7.15. The molecule has 4 rings (SSSR count). The van der Waals surface area contributed by atoms with Crippen LogP contribution in [0.1, 0.15) is 0 Å². The van der Waals surface area contributed by atoms with Gasteiger partial charge in [-0.1, -0.05) is 0 Å². The van der Waals surface area contributed by atoms with Crippen LogP contribution in [0.25, 0.3) is 22.2 Å². The van der Waals surface area contributed by atoms with Crippen molar-refractivity contribution >= 4 is 40.4 Å². The maximum atomic E-state index is 11.5. The first-order valence-corrected chi connectivity index (χ1v) is 8.59. The lowest BCUT2D eigenvalue weighted by Crippen LogP contribution is -2.23. The molecule has 0 fully saturated rings. The first-order valence-electron chi connectivity index (χ1n) is 8.59. The van der Waals surface area contributed by atoms with Crippen LogP contribution in [0.4, 0.5) is 17.1 Å². The molecule has 1 aliphatic heterocycles. The number of nitrogens with one attached hydrogen (secondary N) is 2. The Labute approximate surface area is 166 Å². The molecule has 2 heterocycles. The Balaban J connectivity index is 0.00000225. The van der Waals surface area contributed by atoms with Gasteiger partial charge in [0.05, 0.1) is 36.1 Å². The number of nitrogens with zero attached hydrogens (tertiary/aromatic N) is 3. The Kier molecular flexibility index (Phi) is 5.68. The molecular formula is C18H20ClN5O4. The van der Waals surface area contributed by atoms with E-state index < -0.39 is 0 Å². The SMILES string of the molecule is COc1ccc2c(c1)-c1nn(CCNCCO)c3ccc([N+](=O)[O-])c(c13)N2.Cl. The van der Waals surface area contributed by atoms with Crippen molar-refractivity contribution in [2.75, 3.05) is 32.1 Å². The van der Waals surface area contributed by atoms with E-state index in [2.05, 4.69) is 10.6 Å². The van der Waals surface area contributed by atoms with Crippen molar-refractivity contribution in [2.24, 2.45) is 0 Å². The molecule has 0 amide bonds. The number of aliphatic hydroxyl groups excluding tert-OH is 1. The number of aliphatic hydroxyl groups is 1. The molecule has 3 N–H and O–H groups in total. The summed E-state index contributed by atoms with van der Waals surface area (Å²) in [4.78, 5) is 11.1. The molecule has 148 valence electrons. The van der Waals surface area contributed by atoms with Crippen LogP contribution in [0, 0.1) is 10.1 Å². The number of ether oxygens (including phenoxy) is 1. The van der Waals surface area contributed by atoms with E-state index in [1.807, 2.05) is 16.8 Å². The number of halogens is 1. The summed E-state index contributed by atoms with van der Waals surface area (Å²) in [5.74, 6) is 0.691. The molecule has 2 aromatic carbocycles. The molecule has 0 unspecified atom stereocenters. The third-order valence-corrected chi connectivity index (χ3v) is 4.62. The van der Waals surface area contributed by atoms with Crippen LogP contribution >= 0.6 is 12.4 Å². The summed E-state index contributed by atoms with van der Waals surface area (Å²) in [7, 11) is 1.60. The van der Waals surface area contributed by atoms with E-state index in [0.29, 0.717) is 36.8 Å². The second-order valence-corrected chi connectivity index (χ2v) is 6.19. The fraction of sp³-hybridized carbons (Fsp3) is 0.278. The molecule has 0 saturated carbocycles. The number of hydrogen-bond donors (Lipinski definition) is 3. The van der Waals surface area contributed by atoms with E-state index in [1.54, 1.807) is 19.2 Å². The van der Waals surface area contributed by atoms with Crippen molar-refractivity contribution in [3.63, 3.8) is 0 Å². The van der Waals surface area contributed by atoms with E-state index in [0.717, 1.165) is 22.2 Å². The number of fused-ring (bicyclic) bond motifs is 2. The maximum Gasteiger partial charge on any atom is 0.293 e. The van der Waals surface area contributed by atoms with E-state index in [9.17, 15) is 10.1 Å². The van der Waals surface area contributed by atoms with Gasteiger partial charge >= 0.3 is 0 Å². The number of methoxy groups -OCH3 is 1. The van der Waals surface area contributed by atoms with Crippen molar-refractivity contribution in [1.82, 2.24) is 15.1 Å². The molecule has 9 nitrogen and oxygen atoms in total. The minimum absolute atomic E-state index is 0. The number of rotatable bonds is 7. The van der Waals surface area contributed by atoms with Gasteiger partial charge in [0.15, 0.2) is 0 Å². The summed E-state index contributed by atoms with van der Waals surface area (Å²) >= 11 is 0. The molecule has 0 saturated heterocycles. The summed E-state index contributed by atoms with van der Waals surface area (Å²) in [6.45, 7) is 1.78. The summed E-state index contributed by atoms with van der Waals surface area (Å²) in [5.41, 5.74) is 3.58. The minimum Gasteiger partial charge on any atom is -0.497 e. The predicted molar refractivity (Wildman–Crippen MR) is 109 cm³/mol. The van der Waals surface area contributed by atoms with Crippen molar-refractivity contribution in [1.29, 1.82) is 0 Å². The zero-order valence-corrected chi connectivity index (χ0v) is 16.0. The summed E-state index contributed by atoms with van der Waals surface area (Å²) in [5, 5.41) is 32.2. The maximum absolute atomic E-state index is 11.5. The zero-order valence-electron chi connectivity index (χ0n) is 15.1. The van der Waals surface area contributed by atoms with Crippen molar-refractivity contribution in [3.8, 4) is 17.0 Å². The van der Waals surface area contributed by atoms with Gasteiger partial charge in [0.1, 0.15) is 17.1 Å². The van der Waals surface area contributed by atoms with Crippen LogP contribution in [-0.2, 0) is 6.54 Å². The van der Waals surface area contributed by atoms with Crippen LogP contribution in [0.2, 0.25) is 0 Å². The number of nitro benzene ring substituents is 1. The largest absolute Gasteiger partial charge is 0.497 e. The Morgan fingerprint density at radius 1 is 1.32 bits per heavy atom. The van der Waals surface area contributed by atoms with Gasteiger partial charge in [-0.15, -0.1) is 12.4 Å². The van der Waals surface area contributed by atoms with Gasteiger partial charge in [-0.3, -0.25) is 14.8 Å². The molecule has 1 aliphatic rings. The molecule has 0 aliphatic carbocycles. The van der Waals surface area contributed by atoms with Gasteiger partial charge in [-0.05, 0) is 24.3 Å². The Bertz CT molecular complexity index is 1040. The molecule has 0 atom stereocenters. The molecule has 1 aromatic heterocycles. The van der Waals surface area contributed by atoms with Gasteiger partial charge in [0.25, 0.3) is 5.69 Å². The Hall–Kier alpha value is -2.88. The van der Waals surface area contributed by atoms with E-state index in [-0.39, 0.29) is 29.6 Å². The van der Waals surface area contributed by atoms with Gasteiger partial charge < -0.3 is 20.5 Å². The van der Waals surface area contributed by atoms with Crippen LogP contribution in [0.5, 0.6) is 5.75 Å². The second-order valence-electron chi connectivity index (χ2n) is 6.19. The van der Waals surface area contributed by atoms with E-state index in [1.165, 1.54) is 6.07 Å². The van der Waals surface area contributed by atoms with Crippen molar-refractivity contribution in [2.45, 2.75) is 6.54 Å². The standard InChI is InChI=1S/C18H19N5O4.ClH/c1-27-11-2-3-13-12(10-11)17-16-14(22(21-17)8-6-19-7-9-24)4-5-15(23(25)26)18(16)20-13;/h2-5,10,19-20,24H,6-9H2,1H3;1H. The molecule has 10 heteroatoms. The molecule has 0 bridgehead atoms.